The molecule has 1 aromatic rings. The minimum absolute atomic E-state index is 0.457. The molecule has 19 heavy (non-hydrogen) atoms. The number of unbranched alkanes of at least 4 members (excludes halogenated alkanes) is 1. The van der Waals surface area contributed by atoms with Crippen LogP contribution in [0, 0.1) is 0 Å². The average Bonchev–Trinajstić information content (AvgIpc) is 2.42. The van der Waals surface area contributed by atoms with Gasteiger partial charge in [0.25, 0.3) is 0 Å². The number of aryl methyl sites for hydroxylation is 1. The third-order valence-corrected chi connectivity index (χ3v) is 3.03. The van der Waals surface area contributed by atoms with E-state index < -0.39 is 0 Å². The zero-order valence-electron chi connectivity index (χ0n) is 12.8. The molecule has 0 aromatic carbocycles. The van der Waals surface area contributed by atoms with Gasteiger partial charge in [0, 0.05) is 25.1 Å². The summed E-state index contributed by atoms with van der Waals surface area (Å²) in [5.74, 6) is 2.76. The van der Waals surface area contributed by atoms with E-state index in [2.05, 4.69) is 48.3 Å². The Kier molecular flexibility index (Phi) is 7.23. The molecule has 1 heterocycles. The normalized spacial score (nSPS) is 12.2. The number of hydrogen-bond donors (Lipinski definition) is 2. The van der Waals surface area contributed by atoms with Crippen molar-refractivity contribution in [2.45, 2.75) is 65.8 Å². The Bertz CT molecular complexity index is 365. The number of anilines is 2. The Morgan fingerprint density at radius 3 is 2.47 bits per heavy atom. The van der Waals surface area contributed by atoms with Crippen LogP contribution in [-0.2, 0) is 6.42 Å². The second-order valence-corrected chi connectivity index (χ2v) is 5.02. The molecule has 1 aromatic heterocycles. The van der Waals surface area contributed by atoms with Crippen LogP contribution in [0.1, 0.15) is 59.2 Å². The van der Waals surface area contributed by atoms with Gasteiger partial charge in [0.15, 0.2) is 0 Å². The van der Waals surface area contributed by atoms with Gasteiger partial charge in [-0.3, -0.25) is 0 Å². The van der Waals surface area contributed by atoms with Gasteiger partial charge in [-0.25, -0.2) is 9.97 Å². The highest BCUT2D eigenvalue weighted by Gasteiger charge is 2.06. The molecule has 0 aliphatic heterocycles. The summed E-state index contributed by atoms with van der Waals surface area (Å²) in [5.41, 5.74) is 0. The van der Waals surface area contributed by atoms with Crippen molar-refractivity contribution in [1.29, 1.82) is 0 Å². The first-order valence-electron chi connectivity index (χ1n) is 7.57. The zero-order chi connectivity index (χ0) is 14.1. The van der Waals surface area contributed by atoms with Gasteiger partial charge in [0.05, 0.1) is 0 Å². The highest BCUT2D eigenvalue weighted by Crippen LogP contribution is 2.14. The van der Waals surface area contributed by atoms with Crippen LogP contribution in [0.25, 0.3) is 0 Å². The van der Waals surface area contributed by atoms with E-state index >= 15 is 0 Å². The summed E-state index contributed by atoms with van der Waals surface area (Å²) in [7, 11) is 0. The molecule has 4 heteroatoms. The summed E-state index contributed by atoms with van der Waals surface area (Å²) in [6.45, 7) is 9.62. The number of aromatic nitrogens is 2. The highest BCUT2D eigenvalue weighted by atomic mass is 15.1. The van der Waals surface area contributed by atoms with E-state index in [1.807, 2.05) is 6.07 Å². The van der Waals surface area contributed by atoms with Crippen LogP contribution in [-0.4, -0.2) is 22.6 Å². The van der Waals surface area contributed by atoms with Gasteiger partial charge < -0.3 is 10.6 Å². The fourth-order valence-corrected chi connectivity index (χ4v) is 1.91. The molecule has 1 unspecified atom stereocenters. The van der Waals surface area contributed by atoms with Crippen LogP contribution < -0.4 is 10.6 Å². The number of rotatable bonds is 9. The fourth-order valence-electron chi connectivity index (χ4n) is 1.91. The lowest BCUT2D eigenvalue weighted by atomic mass is 10.1. The standard InChI is InChI=1S/C15H28N4/c1-5-8-9-12(4)17-15-11-14(16-10-6-2)18-13(7-3)19-15/h11-12H,5-10H2,1-4H3,(H2,16,17,18,19). The summed E-state index contributed by atoms with van der Waals surface area (Å²) in [5, 5.41) is 6.81. The van der Waals surface area contributed by atoms with Gasteiger partial charge in [0.2, 0.25) is 0 Å². The van der Waals surface area contributed by atoms with Crippen molar-refractivity contribution in [2.75, 3.05) is 17.2 Å². The smallest absolute Gasteiger partial charge is 0.132 e. The molecule has 1 rings (SSSR count). The second kappa shape index (κ2) is 8.73. The molecule has 0 spiro atoms. The highest BCUT2D eigenvalue weighted by molar-refractivity contribution is 5.48. The topological polar surface area (TPSA) is 49.8 Å². The minimum atomic E-state index is 0.457. The van der Waals surface area contributed by atoms with Gasteiger partial charge in [0.1, 0.15) is 17.5 Å². The molecule has 0 amide bonds. The molecular formula is C15H28N4. The molecule has 0 radical (unpaired) electrons. The van der Waals surface area contributed by atoms with E-state index in [9.17, 15) is 0 Å². The molecule has 1 atom stereocenters. The van der Waals surface area contributed by atoms with Crippen LogP contribution in [0.2, 0.25) is 0 Å². The van der Waals surface area contributed by atoms with Crippen LogP contribution in [0.15, 0.2) is 6.07 Å². The largest absolute Gasteiger partial charge is 0.370 e. The zero-order valence-corrected chi connectivity index (χ0v) is 12.8. The number of nitrogens with zero attached hydrogens (tertiary/aromatic N) is 2. The molecule has 0 aliphatic carbocycles. The van der Waals surface area contributed by atoms with Crippen molar-refractivity contribution in [3.8, 4) is 0 Å². The maximum absolute atomic E-state index is 4.55. The van der Waals surface area contributed by atoms with Crippen LogP contribution in [0.4, 0.5) is 11.6 Å². The lowest BCUT2D eigenvalue weighted by Crippen LogP contribution is -2.17. The van der Waals surface area contributed by atoms with Crippen LogP contribution >= 0.6 is 0 Å². The van der Waals surface area contributed by atoms with E-state index in [1.165, 1.54) is 19.3 Å². The molecule has 0 bridgehead atoms. The fraction of sp³-hybridized carbons (Fsp3) is 0.733. The Morgan fingerprint density at radius 2 is 1.84 bits per heavy atom. The lowest BCUT2D eigenvalue weighted by Gasteiger charge is -2.15. The Hall–Kier alpha value is -1.32. The predicted molar refractivity (Wildman–Crippen MR) is 82.8 cm³/mol. The van der Waals surface area contributed by atoms with Crippen molar-refractivity contribution in [1.82, 2.24) is 9.97 Å². The first-order chi connectivity index (χ1) is 9.19. The van der Waals surface area contributed by atoms with Crippen molar-refractivity contribution in [3.63, 3.8) is 0 Å². The van der Waals surface area contributed by atoms with Gasteiger partial charge in [-0.2, -0.15) is 0 Å². The van der Waals surface area contributed by atoms with Gasteiger partial charge in [-0.15, -0.1) is 0 Å². The number of hydrogen-bond acceptors (Lipinski definition) is 4. The Labute approximate surface area is 117 Å². The van der Waals surface area contributed by atoms with Gasteiger partial charge >= 0.3 is 0 Å². The Balaban J connectivity index is 2.69. The molecular weight excluding hydrogens is 236 g/mol. The monoisotopic (exact) mass is 264 g/mol. The van der Waals surface area contributed by atoms with Crippen molar-refractivity contribution < 1.29 is 0 Å². The van der Waals surface area contributed by atoms with E-state index in [0.717, 1.165) is 36.8 Å². The maximum Gasteiger partial charge on any atom is 0.132 e. The van der Waals surface area contributed by atoms with Gasteiger partial charge in [-0.1, -0.05) is 33.6 Å². The summed E-state index contributed by atoms with van der Waals surface area (Å²) in [6, 6.07) is 2.47. The van der Waals surface area contributed by atoms with Gasteiger partial charge in [-0.05, 0) is 19.8 Å². The SMILES string of the molecule is CCCCC(C)Nc1cc(NCCC)nc(CC)n1. The summed E-state index contributed by atoms with van der Waals surface area (Å²) in [4.78, 5) is 9.04. The summed E-state index contributed by atoms with van der Waals surface area (Å²) >= 11 is 0. The van der Waals surface area contributed by atoms with Crippen molar-refractivity contribution in [2.24, 2.45) is 0 Å². The number of nitrogens with one attached hydrogen (secondary N) is 2. The van der Waals surface area contributed by atoms with E-state index in [1.54, 1.807) is 0 Å². The molecule has 0 saturated heterocycles. The van der Waals surface area contributed by atoms with Crippen LogP contribution in [0.3, 0.4) is 0 Å². The van der Waals surface area contributed by atoms with E-state index in [-0.39, 0.29) is 0 Å². The van der Waals surface area contributed by atoms with Crippen LogP contribution in [0.5, 0.6) is 0 Å². The van der Waals surface area contributed by atoms with E-state index in [0.29, 0.717) is 6.04 Å². The minimum Gasteiger partial charge on any atom is -0.370 e. The molecule has 2 N–H and O–H groups in total. The second-order valence-electron chi connectivity index (χ2n) is 5.02. The molecule has 0 fully saturated rings. The summed E-state index contributed by atoms with van der Waals surface area (Å²) < 4.78 is 0. The third-order valence-electron chi connectivity index (χ3n) is 3.03. The quantitative estimate of drug-likeness (QED) is 0.711. The lowest BCUT2D eigenvalue weighted by molar-refractivity contribution is 0.642. The predicted octanol–water partition coefficient (Wildman–Crippen LogP) is 3.85. The summed E-state index contributed by atoms with van der Waals surface area (Å²) in [6.07, 6.45) is 5.63. The molecule has 108 valence electrons. The molecule has 4 nitrogen and oxygen atoms in total. The Morgan fingerprint density at radius 1 is 1.11 bits per heavy atom. The molecule has 0 aliphatic rings. The average molecular weight is 264 g/mol. The van der Waals surface area contributed by atoms with Crippen molar-refractivity contribution >= 4 is 11.6 Å². The first-order valence-corrected chi connectivity index (χ1v) is 7.57. The van der Waals surface area contributed by atoms with E-state index in [4.69, 9.17) is 0 Å². The molecule has 0 saturated carbocycles. The maximum atomic E-state index is 4.55. The van der Waals surface area contributed by atoms with Crippen molar-refractivity contribution in [3.05, 3.63) is 11.9 Å². The first kappa shape index (κ1) is 15.7. The third kappa shape index (κ3) is 5.90.